The summed E-state index contributed by atoms with van der Waals surface area (Å²) >= 11 is 0. The van der Waals surface area contributed by atoms with E-state index in [4.69, 9.17) is 4.74 Å². The van der Waals surface area contributed by atoms with Gasteiger partial charge < -0.3 is 10.1 Å². The first kappa shape index (κ1) is 14.8. The standard InChI is InChI=1S/C15H22N2O.ClH/c1-2-4-13(5-3-1)15-12-14(6-7-16-15)17-8-10-18-11-9-17;/h1-5,14-16H,6-12H2;1H/t14-,15+;/m1./s1. The van der Waals surface area contributed by atoms with Gasteiger partial charge in [-0.3, -0.25) is 4.90 Å². The Balaban J connectivity index is 0.00000133. The third-order valence-corrected chi connectivity index (χ3v) is 4.14. The minimum absolute atomic E-state index is 0. The fraction of sp³-hybridized carbons (Fsp3) is 0.600. The lowest BCUT2D eigenvalue weighted by atomic mass is 9.92. The molecule has 0 saturated carbocycles. The second kappa shape index (κ2) is 7.25. The molecule has 3 nitrogen and oxygen atoms in total. The zero-order valence-corrected chi connectivity index (χ0v) is 12.1. The third kappa shape index (κ3) is 3.69. The predicted octanol–water partition coefficient (Wildman–Crippen LogP) is 2.23. The Kier molecular flexibility index (Phi) is 5.64. The average Bonchev–Trinajstić information content (AvgIpc) is 2.49. The Morgan fingerprint density at radius 2 is 1.84 bits per heavy atom. The molecule has 0 aliphatic carbocycles. The molecule has 2 saturated heterocycles. The Morgan fingerprint density at radius 3 is 2.58 bits per heavy atom. The Labute approximate surface area is 121 Å². The average molecular weight is 283 g/mol. The van der Waals surface area contributed by atoms with Crippen LogP contribution in [0.2, 0.25) is 0 Å². The largest absolute Gasteiger partial charge is 0.379 e. The molecule has 0 amide bonds. The number of rotatable bonds is 2. The van der Waals surface area contributed by atoms with Crippen molar-refractivity contribution in [2.75, 3.05) is 32.8 Å². The Morgan fingerprint density at radius 1 is 1.11 bits per heavy atom. The van der Waals surface area contributed by atoms with Gasteiger partial charge in [0.2, 0.25) is 0 Å². The van der Waals surface area contributed by atoms with E-state index in [0.29, 0.717) is 6.04 Å². The van der Waals surface area contributed by atoms with Gasteiger partial charge in [0.1, 0.15) is 0 Å². The van der Waals surface area contributed by atoms with E-state index in [0.717, 1.165) is 38.9 Å². The van der Waals surface area contributed by atoms with Crippen molar-refractivity contribution in [3.8, 4) is 0 Å². The van der Waals surface area contributed by atoms with Crippen molar-refractivity contribution >= 4 is 12.4 Å². The molecular formula is C15H23ClN2O. The minimum atomic E-state index is 0. The first-order valence-electron chi connectivity index (χ1n) is 7.03. The van der Waals surface area contributed by atoms with E-state index in [1.165, 1.54) is 18.4 Å². The van der Waals surface area contributed by atoms with Crippen molar-refractivity contribution in [1.29, 1.82) is 0 Å². The molecule has 1 aromatic rings. The van der Waals surface area contributed by atoms with Crippen LogP contribution in [0.15, 0.2) is 30.3 Å². The summed E-state index contributed by atoms with van der Waals surface area (Å²) in [5.41, 5.74) is 1.43. The minimum Gasteiger partial charge on any atom is -0.379 e. The number of ether oxygens (including phenoxy) is 1. The summed E-state index contributed by atoms with van der Waals surface area (Å²) in [5, 5.41) is 3.65. The van der Waals surface area contributed by atoms with Crippen LogP contribution in [-0.2, 0) is 4.74 Å². The fourth-order valence-corrected chi connectivity index (χ4v) is 3.11. The summed E-state index contributed by atoms with van der Waals surface area (Å²) in [6, 6.07) is 12.1. The number of piperidine rings is 1. The molecule has 0 radical (unpaired) electrons. The molecule has 3 rings (SSSR count). The van der Waals surface area contributed by atoms with Gasteiger partial charge in [-0.05, 0) is 24.9 Å². The van der Waals surface area contributed by atoms with Gasteiger partial charge in [0.15, 0.2) is 0 Å². The van der Waals surface area contributed by atoms with Crippen LogP contribution in [-0.4, -0.2) is 43.8 Å². The number of benzene rings is 1. The van der Waals surface area contributed by atoms with Crippen LogP contribution in [0.1, 0.15) is 24.4 Å². The van der Waals surface area contributed by atoms with E-state index < -0.39 is 0 Å². The van der Waals surface area contributed by atoms with Crippen LogP contribution in [0.3, 0.4) is 0 Å². The maximum Gasteiger partial charge on any atom is 0.0594 e. The zero-order chi connectivity index (χ0) is 12.2. The highest BCUT2D eigenvalue weighted by Crippen LogP contribution is 2.26. The molecule has 0 spiro atoms. The van der Waals surface area contributed by atoms with E-state index in [2.05, 4.69) is 40.5 Å². The van der Waals surface area contributed by atoms with Crippen molar-refractivity contribution in [2.24, 2.45) is 0 Å². The Hall–Kier alpha value is -0.610. The maximum atomic E-state index is 5.44. The number of hydrogen-bond donors (Lipinski definition) is 1. The lowest BCUT2D eigenvalue weighted by Gasteiger charge is -2.40. The molecule has 2 aliphatic heterocycles. The summed E-state index contributed by atoms with van der Waals surface area (Å²) in [7, 11) is 0. The maximum absolute atomic E-state index is 5.44. The quantitative estimate of drug-likeness (QED) is 0.900. The second-order valence-electron chi connectivity index (χ2n) is 5.24. The Bertz CT molecular complexity index is 368. The van der Waals surface area contributed by atoms with Crippen molar-refractivity contribution in [3.63, 3.8) is 0 Å². The van der Waals surface area contributed by atoms with E-state index in [1.54, 1.807) is 0 Å². The van der Waals surface area contributed by atoms with Crippen molar-refractivity contribution in [3.05, 3.63) is 35.9 Å². The van der Waals surface area contributed by atoms with E-state index in [1.807, 2.05) is 0 Å². The van der Waals surface area contributed by atoms with Crippen molar-refractivity contribution < 1.29 is 4.74 Å². The van der Waals surface area contributed by atoms with Gasteiger partial charge in [-0.25, -0.2) is 0 Å². The van der Waals surface area contributed by atoms with Gasteiger partial charge in [0.05, 0.1) is 13.2 Å². The van der Waals surface area contributed by atoms with Crippen LogP contribution in [0, 0.1) is 0 Å². The highest BCUT2D eigenvalue weighted by atomic mass is 35.5. The summed E-state index contributed by atoms with van der Waals surface area (Å²) in [6.07, 6.45) is 2.49. The number of hydrogen-bond acceptors (Lipinski definition) is 3. The van der Waals surface area contributed by atoms with E-state index in [-0.39, 0.29) is 12.4 Å². The lowest BCUT2D eigenvalue weighted by molar-refractivity contribution is 0.00625. The van der Waals surface area contributed by atoms with E-state index >= 15 is 0 Å². The molecule has 106 valence electrons. The smallest absolute Gasteiger partial charge is 0.0594 e. The topological polar surface area (TPSA) is 24.5 Å². The first-order valence-corrected chi connectivity index (χ1v) is 7.03. The van der Waals surface area contributed by atoms with Gasteiger partial charge in [0, 0.05) is 25.2 Å². The summed E-state index contributed by atoms with van der Waals surface area (Å²) < 4.78 is 5.44. The van der Waals surface area contributed by atoms with Crippen LogP contribution in [0.25, 0.3) is 0 Å². The van der Waals surface area contributed by atoms with Gasteiger partial charge in [-0.1, -0.05) is 30.3 Å². The molecule has 2 atom stereocenters. The molecule has 0 aromatic heterocycles. The SMILES string of the molecule is Cl.c1ccc([C@@H]2C[C@H](N3CCOCC3)CCN2)cc1. The molecule has 2 heterocycles. The van der Waals surface area contributed by atoms with Crippen LogP contribution in [0.4, 0.5) is 0 Å². The fourth-order valence-electron chi connectivity index (χ4n) is 3.11. The van der Waals surface area contributed by atoms with Gasteiger partial charge >= 0.3 is 0 Å². The highest BCUT2D eigenvalue weighted by Gasteiger charge is 2.27. The van der Waals surface area contributed by atoms with Crippen LogP contribution in [0.5, 0.6) is 0 Å². The summed E-state index contributed by atoms with van der Waals surface area (Å²) in [4.78, 5) is 2.61. The molecule has 2 aliphatic rings. The summed E-state index contributed by atoms with van der Waals surface area (Å²) in [6.45, 7) is 5.14. The van der Waals surface area contributed by atoms with Crippen molar-refractivity contribution in [1.82, 2.24) is 10.2 Å². The molecule has 0 bridgehead atoms. The lowest BCUT2D eigenvalue weighted by Crippen LogP contribution is -2.48. The van der Waals surface area contributed by atoms with Crippen LogP contribution < -0.4 is 5.32 Å². The molecule has 2 fully saturated rings. The van der Waals surface area contributed by atoms with Gasteiger partial charge in [-0.15, -0.1) is 12.4 Å². The summed E-state index contributed by atoms with van der Waals surface area (Å²) in [5.74, 6) is 0. The number of nitrogens with one attached hydrogen (secondary N) is 1. The zero-order valence-electron chi connectivity index (χ0n) is 11.3. The number of halogens is 1. The van der Waals surface area contributed by atoms with Gasteiger partial charge in [-0.2, -0.15) is 0 Å². The van der Waals surface area contributed by atoms with Crippen LogP contribution >= 0.6 is 12.4 Å². The number of morpholine rings is 1. The molecule has 4 heteroatoms. The van der Waals surface area contributed by atoms with Crippen molar-refractivity contribution in [2.45, 2.75) is 24.9 Å². The molecular weight excluding hydrogens is 260 g/mol. The monoisotopic (exact) mass is 282 g/mol. The first-order chi connectivity index (χ1) is 8.93. The molecule has 1 aromatic carbocycles. The third-order valence-electron chi connectivity index (χ3n) is 4.14. The second-order valence-corrected chi connectivity index (χ2v) is 5.24. The molecule has 1 N–H and O–H groups in total. The molecule has 0 unspecified atom stereocenters. The van der Waals surface area contributed by atoms with E-state index in [9.17, 15) is 0 Å². The predicted molar refractivity (Wildman–Crippen MR) is 79.8 cm³/mol. The normalized spacial score (nSPS) is 28.6. The highest BCUT2D eigenvalue weighted by molar-refractivity contribution is 5.85. The van der Waals surface area contributed by atoms with Gasteiger partial charge in [0.25, 0.3) is 0 Å². The molecule has 19 heavy (non-hydrogen) atoms. The number of nitrogens with zero attached hydrogens (tertiary/aromatic N) is 1.